The second-order valence-electron chi connectivity index (χ2n) is 3.88. The Bertz CT molecular complexity index is 559. The van der Waals surface area contributed by atoms with Crippen LogP contribution in [-0.4, -0.2) is 14.3 Å². The van der Waals surface area contributed by atoms with Gasteiger partial charge in [-0.2, -0.15) is 4.40 Å². The van der Waals surface area contributed by atoms with Crippen LogP contribution in [0.5, 0.6) is 0 Å². The maximum Gasteiger partial charge on any atom is 0.353 e. The number of aromatic nitrogens is 2. The van der Waals surface area contributed by atoms with Crippen molar-refractivity contribution in [2.45, 2.75) is 19.8 Å². The highest BCUT2D eigenvalue weighted by Gasteiger charge is 2.25. The first kappa shape index (κ1) is 10.4. The zero-order valence-corrected chi connectivity index (χ0v) is 9.04. The van der Waals surface area contributed by atoms with Crippen molar-refractivity contribution in [2.24, 2.45) is 0 Å². The van der Waals surface area contributed by atoms with Gasteiger partial charge in [-0.15, -0.1) is 0 Å². The van der Waals surface area contributed by atoms with Gasteiger partial charge in [0, 0.05) is 18.1 Å². The molecule has 6 nitrogen and oxygen atoms in total. The molecule has 2 rings (SSSR count). The molecule has 2 aromatic heterocycles. The van der Waals surface area contributed by atoms with E-state index in [4.69, 9.17) is 5.73 Å². The standard InChI is InChI=1S/C10H12N4O2/c1-6(2)9-10(14(15)16)13-7(11)4-3-5-8(13)12-9/h3-6H,11H2,1-2H3. The minimum absolute atomic E-state index is 0.0142. The van der Waals surface area contributed by atoms with Crippen molar-refractivity contribution in [2.75, 3.05) is 5.73 Å². The molecule has 0 amide bonds. The molecule has 0 saturated heterocycles. The second kappa shape index (κ2) is 3.48. The zero-order valence-electron chi connectivity index (χ0n) is 9.04. The maximum absolute atomic E-state index is 11.0. The summed E-state index contributed by atoms with van der Waals surface area (Å²) in [5.74, 6) is 0.270. The number of nitro groups is 1. The smallest absolute Gasteiger partial charge is 0.353 e. The third-order valence-corrected chi connectivity index (χ3v) is 2.40. The van der Waals surface area contributed by atoms with Crippen LogP contribution in [0.4, 0.5) is 11.6 Å². The number of imidazole rings is 1. The molecule has 0 aliphatic rings. The summed E-state index contributed by atoms with van der Waals surface area (Å²) in [7, 11) is 0. The third-order valence-electron chi connectivity index (χ3n) is 2.40. The summed E-state index contributed by atoms with van der Waals surface area (Å²) in [6.07, 6.45) is 0. The van der Waals surface area contributed by atoms with Gasteiger partial charge in [-0.3, -0.25) is 0 Å². The Morgan fingerprint density at radius 3 is 2.75 bits per heavy atom. The second-order valence-corrected chi connectivity index (χ2v) is 3.88. The lowest BCUT2D eigenvalue weighted by Gasteiger charge is -2.01. The van der Waals surface area contributed by atoms with Crippen molar-refractivity contribution in [3.05, 3.63) is 34.0 Å². The van der Waals surface area contributed by atoms with Crippen molar-refractivity contribution in [3.8, 4) is 0 Å². The maximum atomic E-state index is 11.0. The molecular weight excluding hydrogens is 208 g/mol. The average Bonchev–Trinajstić information content (AvgIpc) is 2.58. The van der Waals surface area contributed by atoms with Crippen LogP contribution in [0.25, 0.3) is 5.65 Å². The molecule has 0 spiro atoms. The minimum atomic E-state index is -0.439. The van der Waals surface area contributed by atoms with Crippen LogP contribution in [0.1, 0.15) is 25.5 Å². The number of rotatable bonds is 2. The third kappa shape index (κ3) is 1.39. The SMILES string of the molecule is CC(C)c1nc2cccc(N)n2c1[N+](=O)[O-]. The van der Waals surface area contributed by atoms with Gasteiger partial charge in [0.15, 0.2) is 5.82 Å². The van der Waals surface area contributed by atoms with Gasteiger partial charge in [-0.05, 0) is 4.92 Å². The van der Waals surface area contributed by atoms with Gasteiger partial charge in [-0.1, -0.05) is 19.9 Å². The van der Waals surface area contributed by atoms with E-state index in [-0.39, 0.29) is 11.7 Å². The van der Waals surface area contributed by atoms with Crippen molar-refractivity contribution < 1.29 is 4.92 Å². The molecule has 0 radical (unpaired) electrons. The molecule has 0 bridgehead atoms. The van der Waals surface area contributed by atoms with Crippen LogP contribution in [-0.2, 0) is 0 Å². The first-order chi connectivity index (χ1) is 7.52. The average molecular weight is 220 g/mol. The first-order valence-electron chi connectivity index (χ1n) is 4.93. The van der Waals surface area contributed by atoms with Crippen LogP contribution in [0.3, 0.4) is 0 Å². The van der Waals surface area contributed by atoms with E-state index in [1.54, 1.807) is 18.2 Å². The first-order valence-corrected chi connectivity index (χ1v) is 4.93. The highest BCUT2D eigenvalue weighted by molar-refractivity contribution is 5.56. The number of hydrogen-bond donors (Lipinski definition) is 1. The summed E-state index contributed by atoms with van der Waals surface area (Å²) in [5, 5.41) is 11.0. The highest BCUT2D eigenvalue weighted by Crippen LogP contribution is 2.28. The molecule has 0 atom stereocenters. The molecule has 2 aromatic rings. The molecule has 0 fully saturated rings. The van der Waals surface area contributed by atoms with Gasteiger partial charge in [0.05, 0.1) is 0 Å². The molecule has 16 heavy (non-hydrogen) atoms. The Hall–Kier alpha value is -2.11. The number of nitrogens with zero attached hydrogens (tertiary/aromatic N) is 3. The van der Waals surface area contributed by atoms with E-state index in [1.165, 1.54) is 4.40 Å². The van der Waals surface area contributed by atoms with Gasteiger partial charge in [0.25, 0.3) is 0 Å². The molecule has 6 heteroatoms. The van der Waals surface area contributed by atoms with E-state index < -0.39 is 4.92 Å². The van der Waals surface area contributed by atoms with Crippen LogP contribution in [0, 0.1) is 10.1 Å². The molecule has 2 N–H and O–H groups in total. The van der Waals surface area contributed by atoms with E-state index in [9.17, 15) is 10.1 Å². The van der Waals surface area contributed by atoms with Crippen molar-refractivity contribution >= 4 is 17.3 Å². The summed E-state index contributed by atoms with van der Waals surface area (Å²) < 4.78 is 1.37. The summed E-state index contributed by atoms with van der Waals surface area (Å²) in [5.41, 5.74) is 6.70. The predicted molar refractivity (Wildman–Crippen MR) is 60.3 cm³/mol. The fourth-order valence-electron chi connectivity index (χ4n) is 1.68. The fourth-order valence-corrected chi connectivity index (χ4v) is 1.68. The van der Waals surface area contributed by atoms with E-state index in [1.807, 2.05) is 13.8 Å². The number of fused-ring (bicyclic) bond motifs is 1. The molecule has 0 aliphatic heterocycles. The lowest BCUT2D eigenvalue weighted by Crippen LogP contribution is -2.02. The molecule has 84 valence electrons. The lowest BCUT2D eigenvalue weighted by atomic mass is 10.1. The normalized spacial score (nSPS) is 11.2. The summed E-state index contributed by atoms with van der Waals surface area (Å²) in [6, 6.07) is 5.05. The number of pyridine rings is 1. The number of nitrogen functional groups attached to an aromatic ring is 1. The van der Waals surface area contributed by atoms with Gasteiger partial charge in [-0.25, -0.2) is 4.98 Å². The minimum Gasteiger partial charge on any atom is -0.366 e. The Morgan fingerprint density at radius 2 is 2.19 bits per heavy atom. The van der Waals surface area contributed by atoms with E-state index in [0.29, 0.717) is 17.2 Å². The van der Waals surface area contributed by atoms with Gasteiger partial charge in [0.2, 0.25) is 5.65 Å². The quantitative estimate of drug-likeness (QED) is 0.619. The van der Waals surface area contributed by atoms with E-state index in [0.717, 1.165) is 0 Å². The van der Waals surface area contributed by atoms with Crippen molar-refractivity contribution in [1.29, 1.82) is 0 Å². The Labute approximate surface area is 91.9 Å². The summed E-state index contributed by atoms with van der Waals surface area (Å²) in [4.78, 5) is 14.8. The van der Waals surface area contributed by atoms with Gasteiger partial charge in [0.1, 0.15) is 5.69 Å². The largest absolute Gasteiger partial charge is 0.366 e. The number of hydrogen-bond acceptors (Lipinski definition) is 4. The molecule has 0 aromatic carbocycles. The summed E-state index contributed by atoms with van der Waals surface area (Å²) in [6.45, 7) is 3.73. The zero-order chi connectivity index (χ0) is 11.9. The number of nitrogens with two attached hydrogens (primary N) is 1. The van der Waals surface area contributed by atoms with Crippen LogP contribution in [0.2, 0.25) is 0 Å². The number of anilines is 1. The lowest BCUT2D eigenvalue weighted by molar-refractivity contribution is -0.391. The Balaban J connectivity index is 2.88. The van der Waals surface area contributed by atoms with Crippen LogP contribution in [0.15, 0.2) is 18.2 Å². The molecular formula is C10H12N4O2. The Kier molecular flexibility index (Phi) is 2.26. The van der Waals surface area contributed by atoms with E-state index in [2.05, 4.69) is 4.98 Å². The summed E-state index contributed by atoms with van der Waals surface area (Å²) >= 11 is 0. The van der Waals surface area contributed by atoms with E-state index >= 15 is 0 Å². The Morgan fingerprint density at radius 1 is 1.50 bits per heavy atom. The molecule has 0 unspecified atom stereocenters. The van der Waals surface area contributed by atoms with Crippen LogP contribution >= 0.6 is 0 Å². The molecule has 2 heterocycles. The van der Waals surface area contributed by atoms with Gasteiger partial charge >= 0.3 is 5.82 Å². The molecule has 0 saturated carbocycles. The van der Waals surface area contributed by atoms with Gasteiger partial charge < -0.3 is 15.8 Å². The molecule has 0 aliphatic carbocycles. The predicted octanol–water partition coefficient (Wildman–Crippen LogP) is 1.95. The monoisotopic (exact) mass is 220 g/mol. The van der Waals surface area contributed by atoms with Crippen LogP contribution < -0.4 is 5.73 Å². The fraction of sp³-hybridized carbons (Fsp3) is 0.300. The van der Waals surface area contributed by atoms with Crippen molar-refractivity contribution in [1.82, 2.24) is 9.38 Å². The van der Waals surface area contributed by atoms with Crippen molar-refractivity contribution in [3.63, 3.8) is 0 Å². The highest BCUT2D eigenvalue weighted by atomic mass is 16.6. The topological polar surface area (TPSA) is 86.5 Å².